The molecule has 278 valence electrons. The fourth-order valence-corrected chi connectivity index (χ4v) is 8.20. The van der Waals surface area contributed by atoms with E-state index in [1.807, 2.05) is 76.9 Å². The number of nitrogens with one attached hydrogen (secondary N) is 1. The maximum absolute atomic E-state index is 14.2. The number of methoxy groups -OCH3 is 1. The lowest BCUT2D eigenvalue weighted by Crippen LogP contribution is -2.59. The number of pyridine rings is 1. The quantitative estimate of drug-likeness (QED) is 0.223. The van der Waals surface area contributed by atoms with E-state index in [4.69, 9.17) is 4.74 Å². The van der Waals surface area contributed by atoms with Crippen molar-refractivity contribution in [1.29, 1.82) is 0 Å². The van der Waals surface area contributed by atoms with Gasteiger partial charge in [-0.05, 0) is 70.0 Å². The Labute approximate surface area is 300 Å². The van der Waals surface area contributed by atoms with Gasteiger partial charge in [0.15, 0.2) is 0 Å². The van der Waals surface area contributed by atoms with Gasteiger partial charge in [0.25, 0.3) is 0 Å². The van der Waals surface area contributed by atoms with Crippen LogP contribution >= 0.6 is 11.8 Å². The number of thioether (sulfide) groups is 1. The molecule has 11 nitrogen and oxygen atoms in total. The molecule has 4 amide bonds. The Kier molecular flexibility index (Phi) is 17.5. The minimum Gasteiger partial charge on any atom is -0.379 e. The summed E-state index contributed by atoms with van der Waals surface area (Å²) in [5.74, 6) is -0.431. The van der Waals surface area contributed by atoms with Crippen LogP contribution in [0.1, 0.15) is 80.6 Å². The summed E-state index contributed by atoms with van der Waals surface area (Å²) >= 11 is 1.63. The Morgan fingerprint density at radius 3 is 2.14 bits per heavy atom. The summed E-state index contributed by atoms with van der Waals surface area (Å²) in [5, 5.41) is 2.99. The van der Waals surface area contributed by atoms with Gasteiger partial charge in [0.2, 0.25) is 23.6 Å². The number of carbonyl (C=O) groups excluding carboxylic acids is 4. The molecule has 1 aromatic heterocycles. The van der Waals surface area contributed by atoms with Gasteiger partial charge in [-0.25, -0.2) is 0 Å². The first-order chi connectivity index (χ1) is 23.1. The van der Waals surface area contributed by atoms with Crippen LogP contribution in [0.4, 0.5) is 5.69 Å². The zero-order chi connectivity index (χ0) is 37.0. The molecule has 1 fully saturated rings. The molecule has 7 atom stereocenters. The van der Waals surface area contributed by atoms with E-state index in [0.717, 1.165) is 24.9 Å². The highest BCUT2D eigenvalue weighted by molar-refractivity contribution is 7.99. The second kappa shape index (κ2) is 20.2. The van der Waals surface area contributed by atoms with Crippen LogP contribution in [-0.4, -0.2) is 126 Å². The molecule has 7 unspecified atom stereocenters. The van der Waals surface area contributed by atoms with Gasteiger partial charge >= 0.3 is 0 Å². The van der Waals surface area contributed by atoms with E-state index in [2.05, 4.69) is 24.1 Å². The predicted molar refractivity (Wildman–Crippen MR) is 199 cm³/mol. The van der Waals surface area contributed by atoms with Crippen molar-refractivity contribution in [1.82, 2.24) is 25.0 Å². The van der Waals surface area contributed by atoms with Crippen molar-refractivity contribution >= 4 is 41.1 Å². The molecule has 2 rings (SSSR count). The molecule has 0 spiro atoms. The third kappa shape index (κ3) is 11.1. The van der Waals surface area contributed by atoms with E-state index in [1.54, 1.807) is 48.1 Å². The molecular weight excluding hydrogens is 641 g/mol. The summed E-state index contributed by atoms with van der Waals surface area (Å²) in [6.45, 7) is 15.1. The average Bonchev–Trinajstić information content (AvgIpc) is 3.55. The Bertz CT molecular complexity index is 1190. The third-order valence-corrected chi connectivity index (χ3v) is 11.2. The number of hydrogen-bond donors (Lipinski definition) is 1. The summed E-state index contributed by atoms with van der Waals surface area (Å²) < 4.78 is 6.03. The summed E-state index contributed by atoms with van der Waals surface area (Å²) in [7, 11) is 7.10. The number of amides is 4. The maximum atomic E-state index is 14.2. The normalized spacial score (nSPS) is 18.6. The van der Waals surface area contributed by atoms with E-state index < -0.39 is 18.2 Å². The molecular formula is C37H64N6O5S. The number of nitrogens with zero attached hydrogens (tertiary/aromatic N) is 5. The van der Waals surface area contributed by atoms with Gasteiger partial charge in [-0.3, -0.25) is 29.1 Å². The topological polar surface area (TPSA) is 115 Å². The van der Waals surface area contributed by atoms with Crippen LogP contribution in [0.5, 0.6) is 0 Å². The molecule has 12 heteroatoms. The molecule has 0 saturated carbocycles. The van der Waals surface area contributed by atoms with Gasteiger partial charge in [-0.1, -0.05) is 48.0 Å². The van der Waals surface area contributed by atoms with E-state index in [1.165, 1.54) is 0 Å². The zero-order valence-corrected chi connectivity index (χ0v) is 33.0. The second-order valence-electron chi connectivity index (χ2n) is 14.3. The van der Waals surface area contributed by atoms with Crippen LogP contribution in [0.25, 0.3) is 0 Å². The smallest absolute Gasteiger partial charge is 0.245 e. The Morgan fingerprint density at radius 2 is 1.65 bits per heavy atom. The van der Waals surface area contributed by atoms with Crippen molar-refractivity contribution in [3.8, 4) is 0 Å². The van der Waals surface area contributed by atoms with Crippen LogP contribution < -0.4 is 10.2 Å². The third-order valence-electron chi connectivity index (χ3n) is 10.1. The molecule has 2 heterocycles. The lowest BCUT2D eigenvalue weighted by Gasteiger charge is -2.41. The molecule has 0 bridgehead atoms. The number of aromatic nitrogens is 1. The van der Waals surface area contributed by atoms with Crippen LogP contribution in [0.2, 0.25) is 0 Å². The van der Waals surface area contributed by atoms with Gasteiger partial charge in [-0.2, -0.15) is 11.8 Å². The highest BCUT2D eigenvalue weighted by atomic mass is 32.2. The monoisotopic (exact) mass is 704 g/mol. The minimum absolute atomic E-state index is 0.0242. The van der Waals surface area contributed by atoms with Gasteiger partial charge in [0.1, 0.15) is 6.04 Å². The van der Waals surface area contributed by atoms with Crippen molar-refractivity contribution in [3.63, 3.8) is 0 Å². The highest BCUT2D eigenvalue weighted by Gasteiger charge is 2.41. The molecule has 1 aromatic rings. The largest absolute Gasteiger partial charge is 0.379 e. The molecule has 1 N–H and O–H groups in total. The molecule has 0 aromatic carbocycles. The first kappa shape index (κ1) is 42.5. The summed E-state index contributed by atoms with van der Waals surface area (Å²) in [5.41, 5.74) is 0.816. The van der Waals surface area contributed by atoms with Crippen LogP contribution in [0.3, 0.4) is 0 Å². The van der Waals surface area contributed by atoms with Crippen molar-refractivity contribution in [2.75, 3.05) is 52.5 Å². The molecule has 49 heavy (non-hydrogen) atoms. The Morgan fingerprint density at radius 1 is 1.02 bits per heavy atom. The van der Waals surface area contributed by atoms with E-state index in [9.17, 15) is 19.2 Å². The molecule has 1 saturated heterocycles. The number of hydrogen-bond acceptors (Lipinski definition) is 8. The Balaban J connectivity index is 2.27. The summed E-state index contributed by atoms with van der Waals surface area (Å²) in [6.07, 6.45) is 7.73. The van der Waals surface area contributed by atoms with Crippen LogP contribution in [0, 0.1) is 17.8 Å². The van der Waals surface area contributed by atoms with Crippen molar-refractivity contribution in [3.05, 3.63) is 24.5 Å². The van der Waals surface area contributed by atoms with Crippen LogP contribution in [0.15, 0.2) is 24.5 Å². The van der Waals surface area contributed by atoms with E-state index >= 15 is 0 Å². The van der Waals surface area contributed by atoms with Gasteiger partial charge in [-0.15, -0.1) is 0 Å². The number of carbonyl (C=O) groups is 4. The predicted octanol–water partition coefficient (Wildman–Crippen LogP) is 4.55. The lowest BCUT2D eigenvalue weighted by molar-refractivity contribution is -0.146. The fraction of sp³-hybridized carbons (Fsp3) is 0.757. The first-order valence-electron chi connectivity index (χ1n) is 17.9. The molecule has 1 aliphatic rings. The first-order valence-corrected chi connectivity index (χ1v) is 19.2. The minimum atomic E-state index is -0.726. The SMILES string of the molecule is CCC(C)C(C(CC(=O)N1CCCC1C(CC(=O)N(CC)c1ccncc1)SC)OC)N(C)C(=O)C(NC(=O)C(C(C)C)N(C)C)C(C)C. The molecule has 0 radical (unpaired) electrons. The number of likely N-dealkylation sites (N-methyl/N-ethyl adjacent to an activating group) is 2. The van der Waals surface area contributed by atoms with Gasteiger partial charge in [0.05, 0.1) is 24.6 Å². The van der Waals surface area contributed by atoms with E-state index in [0.29, 0.717) is 19.5 Å². The van der Waals surface area contributed by atoms with Gasteiger partial charge in [0, 0.05) is 63.0 Å². The second-order valence-corrected chi connectivity index (χ2v) is 15.4. The molecule has 0 aliphatic carbocycles. The molecule has 1 aliphatic heterocycles. The summed E-state index contributed by atoms with van der Waals surface area (Å²) in [6, 6.07) is 2.11. The number of likely N-dealkylation sites (tertiary alicyclic amines) is 1. The zero-order valence-electron chi connectivity index (χ0n) is 32.1. The standard InChI is InChI=1S/C37H64N6O5S/c1-13-26(7)35(41(10)37(47)33(24(3)4)39-36(46)34(25(5)6)40(8)9)29(48-11)22-31(44)43-21-15-16-28(43)30(49-12)23-32(45)42(14-2)27-17-19-38-20-18-27/h17-20,24-26,28-30,33-35H,13-16,21-23H2,1-12H3,(H,39,46). The number of ether oxygens (including phenoxy) is 1. The maximum Gasteiger partial charge on any atom is 0.245 e. The van der Waals surface area contributed by atoms with Gasteiger partial charge < -0.3 is 24.8 Å². The number of rotatable bonds is 19. The number of anilines is 1. The van der Waals surface area contributed by atoms with Crippen molar-refractivity contribution in [2.45, 2.75) is 116 Å². The average molecular weight is 705 g/mol. The van der Waals surface area contributed by atoms with Crippen LogP contribution in [-0.2, 0) is 23.9 Å². The summed E-state index contributed by atoms with van der Waals surface area (Å²) in [4.78, 5) is 66.5. The lowest BCUT2D eigenvalue weighted by atomic mass is 9.89. The Hall–Kier alpha value is -2.70. The highest BCUT2D eigenvalue weighted by Crippen LogP contribution is 2.32. The van der Waals surface area contributed by atoms with Crippen molar-refractivity contribution < 1.29 is 23.9 Å². The van der Waals surface area contributed by atoms with Crippen molar-refractivity contribution in [2.24, 2.45) is 17.8 Å². The van der Waals surface area contributed by atoms with E-state index in [-0.39, 0.29) is 65.1 Å². The fourth-order valence-electron chi connectivity index (χ4n) is 7.30.